The first-order chi connectivity index (χ1) is 15.9. The number of thiophene rings is 1. The third-order valence-corrected chi connectivity index (χ3v) is 7.25. The van der Waals surface area contributed by atoms with Crippen molar-refractivity contribution in [3.8, 4) is 0 Å². The summed E-state index contributed by atoms with van der Waals surface area (Å²) in [5, 5.41) is 2.96. The monoisotopic (exact) mass is 465 g/mol. The maximum Gasteiger partial charge on any atom is 0.258 e. The Kier molecular flexibility index (Phi) is 7.20. The van der Waals surface area contributed by atoms with Gasteiger partial charge in [0.2, 0.25) is 0 Å². The first kappa shape index (κ1) is 23.1. The van der Waals surface area contributed by atoms with Crippen LogP contribution in [0.3, 0.4) is 0 Å². The minimum atomic E-state index is -0.333. The van der Waals surface area contributed by atoms with Crippen LogP contribution in [0.2, 0.25) is 0 Å². The topological polar surface area (TPSA) is 66.6 Å². The van der Waals surface area contributed by atoms with Crippen LogP contribution in [0.15, 0.2) is 60.0 Å². The second-order valence-electron chi connectivity index (χ2n) is 8.47. The van der Waals surface area contributed by atoms with E-state index in [0.717, 1.165) is 43.0 Å². The molecule has 7 heteroatoms. The van der Waals surface area contributed by atoms with Crippen LogP contribution in [0, 0.1) is 18.7 Å². The van der Waals surface area contributed by atoms with Gasteiger partial charge in [-0.05, 0) is 98.4 Å². The van der Waals surface area contributed by atoms with E-state index >= 15 is 0 Å². The average Bonchev–Trinajstić information content (AvgIpc) is 3.25. The number of halogens is 1. The molecule has 1 aromatic heterocycles. The third kappa shape index (κ3) is 5.49. The van der Waals surface area contributed by atoms with Crippen molar-refractivity contribution in [3.63, 3.8) is 0 Å². The van der Waals surface area contributed by atoms with Gasteiger partial charge in [0, 0.05) is 35.8 Å². The van der Waals surface area contributed by atoms with E-state index in [1.807, 2.05) is 23.3 Å². The minimum Gasteiger partial charge on any atom is -0.399 e. The molecule has 0 atom stereocenters. The Hall–Kier alpha value is -3.03. The molecule has 0 aliphatic carbocycles. The van der Waals surface area contributed by atoms with Crippen LogP contribution >= 0.6 is 11.3 Å². The fourth-order valence-corrected chi connectivity index (χ4v) is 5.18. The quantitative estimate of drug-likeness (QED) is 0.393. The smallest absolute Gasteiger partial charge is 0.258 e. The molecule has 2 N–H and O–H groups in total. The number of hydrogen-bond donors (Lipinski definition) is 1. The number of likely N-dealkylation sites (tertiary alicyclic amines) is 1. The molecule has 1 aliphatic heterocycles. The Labute approximate surface area is 197 Å². The summed E-state index contributed by atoms with van der Waals surface area (Å²) >= 11 is 1.56. The molecule has 0 radical (unpaired) electrons. The molecule has 2 heterocycles. The normalized spacial score (nSPS) is 14.8. The largest absolute Gasteiger partial charge is 0.399 e. The number of amides is 1. The number of carbonyl (C=O) groups excluding carboxylic acids is 2. The van der Waals surface area contributed by atoms with E-state index in [9.17, 15) is 14.0 Å². The molecule has 1 aliphatic rings. The number of anilines is 2. The molecule has 2 aromatic carbocycles. The second kappa shape index (κ2) is 10.3. The fourth-order valence-electron chi connectivity index (χ4n) is 4.23. The van der Waals surface area contributed by atoms with E-state index in [2.05, 4.69) is 4.90 Å². The number of piperidine rings is 1. The standard InChI is InChI=1S/C26H28FN3O2S/c1-18-12-17-33-26(18)30(25(32)21-4-8-23(28)9-5-21)16-15-29-13-10-20(11-14-29)24(31)19-2-6-22(27)7-3-19/h2-9,12,17,20H,10-11,13-16,28H2,1H3. The molecule has 3 aromatic rings. The Morgan fingerprint density at radius 2 is 1.67 bits per heavy atom. The molecule has 1 amide bonds. The number of nitrogens with two attached hydrogens (primary N) is 1. The molecule has 5 nitrogen and oxygen atoms in total. The number of aryl methyl sites for hydroxylation is 1. The van der Waals surface area contributed by atoms with Crippen molar-refractivity contribution in [1.29, 1.82) is 0 Å². The lowest BCUT2D eigenvalue weighted by Crippen LogP contribution is -2.42. The van der Waals surface area contributed by atoms with E-state index < -0.39 is 0 Å². The second-order valence-corrected chi connectivity index (χ2v) is 9.37. The Balaban J connectivity index is 1.38. The van der Waals surface area contributed by atoms with E-state index in [0.29, 0.717) is 23.4 Å². The first-order valence-corrected chi connectivity index (χ1v) is 12.0. The van der Waals surface area contributed by atoms with E-state index in [1.165, 1.54) is 12.1 Å². The number of ketones is 1. The average molecular weight is 466 g/mol. The lowest BCUT2D eigenvalue weighted by Gasteiger charge is -2.33. The van der Waals surface area contributed by atoms with Gasteiger partial charge in [0.15, 0.2) is 5.78 Å². The molecular formula is C26H28FN3O2S. The summed E-state index contributed by atoms with van der Waals surface area (Å²) in [6, 6.07) is 14.8. The molecule has 0 unspecified atom stereocenters. The summed E-state index contributed by atoms with van der Waals surface area (Å²) in [5.41, 5.74) is 8.67. The van der Waals surface area contributed by atoms with Gasteiger partial charge >= 0.3 is 0 Å². The van der Waals surface area contributed by atoms with Crippen LogP contribution in [0.1, 0.15) is 39.1 Å². The van der Waals surface area contributed by atoms with Crippen molar-refractivity contribution >= 4 is 33.7 Å². The van der Waals surface area contributed by atoms with Gasteiger partial charge in [-0.25, -0.2) is 4.39 Å². The van der Waals surface area contributed by atoms with Gasteiger partial charge in [0.1, 0.15) is 10.8 Å². The highest BCUT2D eigenvalue weighted by Crippen LogP contribution is 2.29. The van der Waals surface area contributed by atoms with Crippen molar-refractivity contribution in [2.75, 3.05) is 36.8 Å². The van der Waals surface area contributed by atoms with Crippen LogP contribution in [0.5, 0.6) is 0 Å². The van der Waals surface area contributed by atoms with Gasteiger partial charge in [-0.2, -0.15) is 0 Å². The van der Waals surface area contributed by atoms with Gasteiger partial charge < -0.3 is 10.6 Å². The van der Waals surface area contributed by atoms with Gasteiger partial charge in [-0.1, -0.05) is 0 Å². The number of nitrogens with zero attached hydrogens (tertiary/aromatic N) is 2. The molecule has 33 heavy (non-hydrogen) atoms. The SMILES string of the molecule is Cc1ccsc1N(CCN1CCC(C(=O)c2ccc(F)cc2)CC1)C(=O)c1ccc(N)cc1. The number of carbonyl (C=O) groups is 2. The van der Waals surface area contributed by atoms with Gasteiger partial charge in [-0.15, -0.1) is 11.3 Å². The zero-order chi connectivity index (χ0) is 23.4. The van der Waals surface area contributed by atoms with Crippen molar-refractivity contribution in [3.05, 3.63) is 82.5 Å². The molecule has 1 fully saturated rings. The third-order valence-electron chi connectivity index (χ3n) is 6.21. The maximum absolute atomic E-state index is 13.3. The zero-order valence-corrected chi connectivity index (χ0v) is 19.5. The first-order valence-electron chi connectivity index (χ1n) is 11.2. The van der Waals surface area contributed by atoms with Crippen LogP contribution in [-0.2, 0) is 0 Å². The van der Waals surface area contributed by atoms with E-state index in [4.69, 9.17) is 5.73 Å². The molecule has 4 rings (SSSR count). The minimum absolute atomic E-state index is 0.0399. The number of benzene rings is 2. The summed E-state index contributed by atoms with van der Waals surface area (Å²) < 4.78 is 13.2. The zero-order valence-electron chi connectivity index (χ0n) is 18.7. The van der Waals surface area contributed by atoms with E-state index in [1.54, 1.807) is 47.7 Å². The summed E-state index contributed by atoms with van der Waals surface area (Å²) in [6.45, 7) is 4.91. The lowest BCUT2D eigenvalue weighted by atomic mass is 9.89. The fraction of sp³-hybridized carbons (Fsp3) is 0.308. The summed E-state index contributed by atoms with van der Waals surface area (Å²) in [7, 11) is 0. The summed E-state index contributed by atoms with van der Waals surface area (Å²) in [5.74, 6) is -0.329. The van der Waals surface area contributed by atoms with Gasteiger partial charge in [0.25, 0.3) is 5.91 Å². The van der Waals surface area contributed by atoms with Crippen molar-refractivity contribution in [1.82, 2.24) is 4.90 Å². The van der Waals surface area contributed by atoms with E-state index in [-0.39, 0.29) is 23.4 Å². The molecule has 0 saturated carbocycles. The summed E-state index contributed by atoms with van der Waals surface area (Å²) in [4.78, 5) is 30.2. The number of Topliss-reactive ketones (excluding diaryl/α,β-unsaturated/α-hetero) is 1. The Morgan fingerprint density at radius 3 is 2.27 bits per heavy atom. The van der Waals surface area contributed by atoms with Crippen LogP contribution in [-0.4, -0.2) is 42.8 Å². The predicted octanol–water partition coefficient (Wildman–Crippen LogP) is 5.02. The van der Waals surface area contributed by atoms with Crippen molar-refractivity contribution in [2.45, 2.75) is 19.8 Å². The Morgan fingerprint density at radius 1 is 1.03 bits per heavy atom. The Bertz CT molecular complexity index is 1100. The maximum atomic E-state index is 13.3. The van der Waals surface area contributed by atoms with Crippen molar-refractivity contribution < 1.29 is 14.0 Å². The number of rotatable bonds is 7. The van der Waals surface area contributed by atoms with Crippen LogP contribution in [0.4, 0.5) is 15.1 Å². The molecule has 172 valence electrons. The van der Waals surface area contributed by atoms with Crippen LogP contribution < -0.4 is 10.6 Å². The van der Waals surface area contributed by atoms with Gasteiger partial charge in [0.05, 0.1) is 0 Å². The molecule has 0 spiro atoms. The molecular weight excluding hydrogens is 437 g/mol. The number of hydrogen-bond acceptors (Lipinski definition) is 5. The number of nitrogen functional groups attached to an aromatic ring is 1. The lowest BCUT2D eigenvalue weighted by molar-refractivity contribution is 0.0841. The molecule has 0 bridgehead atoms. The van der Waals surface area contributed by atoms with Crippen LogP contribution in [0.25, 0.3) is 0 Å². The highest BCUT2D eigenvalue weighted by Gasteiger charge is 2.27. The van der Waals surface area contributed by atoms with Gasteiger partial charge in [-0.3, -0.25) is 14.5 Å². The highest BCUT2D eigenvalue weighted by atomic mass is 32.1. The van der Waals surface area contributed by atoms with Crippen molar-refractivity contribution in [2.24, 2.45) is 5.92 Å². The highest BCUT2D eigenvalue weighted by molar-refractivity contribution is 7.14. The summed E-state index contributed by atoms with van der Waals surface area (Å²) in [6.07, 6.45) is 1.53. The molecule has 1 saturated heterocycles. The predicted molar refractivity (Wildman–Crippen MR) is 131 cm³/mol.